The summed E-state index contributed by atoms with van der Waals surface area (Å²) < 4.78 is 0. The molecular weight excluding hydrogens is 188 g/mol. The number of carbonyl (C=O) groups excluding carboxylic acids is 1. The summed E-state index contributed by atoms with van der Waals surface area (Å²) in [6, 6.07) is 7.60. The van der Waals surface area contributed by atoms with Gasteiger partial charge in [-0.2, -0.15) is 0 Å². The molecule has 2 N–H and O–H groups in total. The van der Waals surface area contributed by atoms with Crippen LogP contribution in [-0.2, 0) is 0 Å². The van der Waals surface area contributed by atoms with Crippen LogP contribution in [-0.4, -0.2) is 11.6 Å². The molecule has 80 valence electrons. The average molecular weight is 204 g/mol. The number of amides is 1. The molecule has 0 aliphatic carbocycles. The predicted octanol–water partition coefficient (Wildman–Crippen LogP) is 2.36. The Hall–Kier alpha value is -1.51. The Morgan fingerprint density at radius 2 is 2.00 bits per heavy atom. The van der Waals surface area contributed by atoms with E-state index in [-0.39, 0.29) is 11.6 Å². The van der Waals surface area contributed by atoms with Gasteiger partial charge in [0.2, 0.25) is 0 Å². The second kappa shape index (κ2) is 3.57. The number of benzene rings is 1. The number of carbonyl (C=O) groups is 1. The zero-order chi connectivity index (χ0) is 10.9. The molecule has 1 aliphatic rings. The van der Waals surface area contributed by atoms with Crippen molar-refractivity contribution in [1.29, 1.82) is 0 Å². The summed E-state index contributed by atoms with van der Waals surface area (Å²) >= 11 is 0. The van der Waals surface area contributed by atoms with Crippen LogP contribution in [0.15, 0.2) is 24.3 Å². The summed E-state index contributed by atoms with van der Waals surface area (Å²) in [5.74, 6) is 0.0142. The molecule has 1 aromatic rings. The minimum atomic E-state index is -0.305. The molecule has 3 nitrogen and oxygen atoms in total. The van der Waals surface area contributed by atoms with E-state index in [0.29, 0.717) is 0 Å². The van der Waals surface area contributed by atoms with Gasteiger partial charge in [0.1, 0.15) is 5.66 Å². The fourth-order valence-corrected chi connectivity index (χ4v) is 2.06. The van der Waals surface area contributed by atoms with Gasteiger partial charge < -0.3 is 10.6 Å². The summed E-state index contributed by atoms with van der Waals surface area (Å²) in [5, 5.41) is 6.37. The van der Waals surface area contributed by atoms with Gasteiger partial charge in [-0.3, -0.25) is 4.79 Å². The number of hydrogen-bond donors (Lipinski definition) is 2. The molecule has 1 heterocycles. The first kappa shape index (κ1) is 10.0. The van der Waals surface area contributed by atoms with E-state index < -0.39 is 0 Å². The lowest BCUT2D eigenvalue weighted by molar-refractivity contribution is 0.0903. The first-order valence-electron chi connectivity index (χ1n) is 5.34. The van der Waals surface area contributed by atoms with Crippen molar-refractivity contribution in [3.63, 3.8) is 0 Å². The van der Waals surface area contributed by atoms with Crippen LogP contribution in [0.5, 0.6) is 0 Å². The fourth-order valence-electron chi connectivity index (χ4n) is 2.06. The van der Waals surface area contributed by atoms with E-state index in [1.807, 2.05) is 31.2 Å². The largest absolute Gasteiger partial charge is 0.362 e. The van der Waals surface area contributed by atoms with E-state index in [1.54, 1.807) is 0 Å². The van der Waals surface area contributed by atoms with Crippen molar-refractivity contribution in [2.45, 2.75) is 32.4 Å². The van der Waals surface area contributed by atoms with Gasteiger partial charge in [0, 0.05) is 5.69 Å². The lowest BCUT2D eigenvalue weighted by atomic mass is 10.00. The molecule has 0 unspecified atom stereocenters. The SMILES string of the molecule is CCC[C@@]1(C)NC(=O)c2ccccc2N1. The van der Waals surface area contributed by atoms with Crippen molar-refractivity contribution in [2.75, 3.05) is 5.32 Å². The van der Waals surface area contributed by atoms with Crippen molar-refractivity contribution in [3.8, 4) is 0 Å². The Labute approximate surface area is 89.9 Å². The molecule has 3 heteroatoms. The third-order valence-electron chi connectivity index (χ3n) is 2.72. The molecule has 0 radical (unpaired) electrons. The summed E-state index contributed by atoms with van der Waals surface area (Å²) in [6.45, 7) is 4.13. The highest BCUT2D eigenvalue weighted by atomic mass is 16.2. The number of hydrogen-bond acceptors (Lipinski definition) is 2. The monoisotopic (exact) mass is 204 g/mol. The highest BCUT2D eigenvalue weighted by Crippen LogP contribution is 2.26. The maximum absolute atomic E-state index is 11.8. The minimum absolute atomic E-state index is 0.0142. The molecule has 15 heavy (non-hydrogen) atoms. The lowest BCUT2D eigenvalue weighted by Crippen LogP contribution is -2.55. The quantitative estimate of drug-likeness (QED) is 0.776. The molecule has 0 saturated carbocycles. The molecule has 0 aromatic heterocycles. The van der Waals surface area contributed by atoms with Crippen LogP contribution in [0, 0.1) is 0 Å². The van der Waals surface area contributed by atoms with Crippen molar-refractivity contribution in [3.05, 3.63) is 29.8 Å². The number of para-hydroxylation sites is 1. The first-order valence-corrected chi connectivity index (χ1v) is 5.34. The number of rotatable bonds is 2. The van der Waals surface area contributed by atoms with E-state index in [9.17, 15) is 4.79 Å². The van der Waals surface area contributed by atoms with Crippen LogP contribution < -0.4 is 10.6 Å². The van der Waals surface area contributed by atoms with Crippen LogP contribution in [0.25, 0.3) is 0 Å². The molecule has 1 aliphatic heterocycles. The van der Waals surface area contributed by atoms with Gasteiger partial charge in [-0.1, -0.05) is 25.5 Å². The van der Waals surface area contributed by atoms with Gasteiger partial charge in [0.05, 0.1) is 5.56 Å². The van der Waals surface area contributed by atoms with Crippen molar-refractivity contribution in [1.82, 2.24) is 5.32 Å². The Morgan fingerprint density at radius 1 is 1.27 bits per heavy atom. The molecular formula is C12H16N2O. The minimum Gasteiger partial charge on any atom is -0.362 e. The summed E-state index contributed by atoms with van der Waals surface area (Å²) in [5.41, 5.74) is 1.35. The van der Waals surface area contributed by atoms with E-state index in [0.717, 1.165) is 24.1 Å². The number of fused-ring (bicyclic) bond motifs is 1. The summed E-state index contributed by atoms with van der Waals surface area (Å²) in [7, 11) is 0. The van der Waals surface area contributed by atoms with E-state index in [2.05, 4.69) is 17.6 Å². The molecule has 1 atom stereocenters. The molecule has 0 fully saturated rings. The Bertz CT molecular complexity index is 389. The molecule has 2 rings (SSSR count). The Balaban J connectivity index is 2.34. The van der Waals surface area contributed by atoms with Gasteiger partial charge in [-0.15, -0.1) is 0 Å². The van der Waals surface area contributed by atoms with Gasteiger partial charge in [-0.25, -0.2) is 0 Å². The molecule has 1 aromatic carbocycles. The second-order valence-corrected chi connectivity index (χ2v) is 4.21. The van der Waals surface area contributed by atoms with Crippen LogP contribution >= 0.6 is 0 Å². The van der Waals surface area contributed by atoms with E-state index >= 15 is 0 Å². The van der Waals surface area contributed by atoms with Gasteiger partial charge in [0.15, 0.2) is 0 Å². The lowest BCUT2D eigenvalue weighted by Gasteiger charge is -2.37. The van der Waals surface area contributed by atoms with Gasteiger partial charge in [0.25, 0.3) is 5.91 Å². The van der Waals surface area contributed by atoms with Crippen LogP contribution in [0.1, 0.15) is 37.0 Å². The number of anilines is 1. The molecule has 1 amide bonds. The normalized spacial score (nSPS) is 24.0. The van der Waals surface area contributed by atoms with Gasteiger partial charge >= 0.3 is 0 Å². The van der Waals surface area contributed by atoms with Crippen LogP contribution in [0.4, 0.5) is 5.69 Å². The molecule has 0 saturated heterocycles. The zero-order valence-electron chi connectivity index (χ0n) is 9.13. The van der Waals surface area contributed by atoms with Crippen LogP contribution in [0.2, 0.25) is 0 Å². The smallest absolute Gasteiger partial charge is 0.255 e. The van der Waals surface area contributed by atoms with E-state index in [4.69, 9.17) is 0 Å². The second-order valence-electron chi connectivity index (χ2n) is 4.21. The van der Waals surface area contributed by atoms with Gasteiger partial charge in [-0.05, 0) is 25.5 Å². The standard InChI is InChI=1S/C12H16N2O/c1-3-8-12(2)13-10-7-5-4-6-9(10)11(15)14-12/h4-7,13H,3,8H2,1-2H3,(H,14,15)/t12-/m1/s1. The maximum atomic E-state index is 11.8. The zero-order valence-corrected chi connectivity index (χ0v) is 9.13. The highest BCUT2D eigenvalue weighted by Gasteiger charge is 2.31. The molecule has 0 spiro atoms. The van der Waals surface area contributed by atoms with Crippen molar-refractivity contribution < 1.29 is 4.79 Å². The number of nitrogens with one attached hydrogen (secondary N) is 2. The average Bonchev–Trinajstić information content (AvgIpc) is 2.17. The van der Waals surface area contributed by atoms with Crippen molar-refractivity contribution in [2.24, 2.45) is 0 Å². The third kappa shape index (κ3) is 1.82. The van der Waals surface area contributed by atoms with E-state index in [1.165, 1.54) is 0 Å². The van der Waals surface area contributed by atoms with Crippen molar-refractivity contribution >= 4 is 11.6 Å². The third-order valence-corrected chi connectivity index (χ3v) is 2.72. The first-order chi connectivity index (χ1) is 7.14. The predicted molar refractivity (Wildman–Crippen MR) is 60.8 cm³/mol. The highest BCUT2D eigenvalue weighted by molar-refractivity contribution is 6.02. The maximum Gasteiger partial charge on any atom is 0.255 e. The molecule has 0 bridgehead atoms. The summed E-state index contributed by atoms with van der Waals surface area (Å²) in [6.07, 6.45) is 1.96. The fraction of sp³-hybridized carbons (Fsp3) is 0.417. The topological polar surface area (TPSA) is 41.1 Å². The van der Waals surface area contributed by atoms with Crippen LogP contribution in [0.3, 0.4) is 0 Å². The Morgan fingerprint density at radius 3 is 2.73 bits per heavy atom. The summed E-state index contributed by atoms with van der Waals surface area (Å²) in [4.78, 5) is 11.8. The Kier molecular flexibility index (Phi) is 2.39.